The van der Waals surface area contributed by atoms with Crippen LogP contribution < -0.4 is 5.32 Å². The molecule has 2 N–H and O–H groups in total. The van der Waals surface area contributed by atoms with E-state index in [1.807, 2.05) is 0 Å². The molecule has 1 atom stereocenters. The van der Waals surface area contributed by atoms with Gasteiger partial charge in [-0.1, -0.05) is 12.1 Å². The van der Waals surface area contributed by atoms with Crippen molar-refractivity contribution < 1.29 is 23.5 Å². The summed E-state index contributed by atoms with van der Waals surface area (Å²) >= 11 is 1.45. The number of rotatable bonds is 4. The minimum Gasteiger partial charge on any atom is -0.479 e. The summed E-state index contributed by atoms with van der Waals surface area (Å²) in [6.45, 7) is 1.67. The number of carbonyl (C=O) groups is 2. The van der Waals surface area contributed by atoms with Gasteiger partial charge in [-0.2, -0.15) is 11.8 Å². The highest BCUT2D eigenvalue weighted by Gasteiger charge is 2.43. The van der Waals surface area contributed by atoms with Crippen molar-refractivity contribution in [3.8, 4) is 11.1 Å². The lowest BCUT2D eigenvalue weighted by Gasteiger charge is -2.24. The van der Waals surface area contributed by atoms with Crippen LogP contribution in [0.15, 0.2) is 36.4 Å². The number of aliphatic carboxylic acids is 1. The van der Waals surface area contributed by atoms with Crippen molar-refractivity contribution in [2.75, 3.05) is 11.5 Å². The monoisotopic (exact) mass is 377 g/mol. The highest BCUT2D eigenvalue weighted by Crippen LogP contribution is 2.30. The average molecular weight is 377 g/mol. The SMILES string of the molecule is Cc1cc(F)ccc1-c1ccc(C(=O)NC2(C(=O)O)CCSC2)cc1F. The molecule has 26 heavy (non-hydrogen) atoms. The van der Waals surface area contributed by atoms with Gasteiger partial charge in [0.25, 0.3) is 5.91 Å². The lowest BCUT2D eigenvalue weighted by atomic mass is 9.97. The molecule has 0 aliphatic carbocycles. The molecule has 0 aromatic heterocycles. The molecule has 1 saturated heterocycles. The number of carbonyl (C=O) groups excluding carboxylic acids is 1. The summed E-state index contributed by atoms with van der Waals surface area (Å²) in [5.74, 6) is -1.83. The zero-order valence-electron chi connectivity index (χ0n) is 14.0. The first kappa shape index (κ1) is 18.4. The topological polar surface area (TPSA) is 66.4 Å². The Kier molecular flexibility index (Phi) is 5.00. The van der Waals surface area contributed by atoms with Gasteiger partial charge in [0, 0.05) is 16.9 Å². The van der Waals surface area contributed by atoms with E-state index >= 15 is 0 Å². The molecule has 0 bridgehead atoms. The standard InChI is InChI=1S/C19H17F2NO3S/c1-11-8-13(20)3-5-14(11)15-4-2-12(9-16(15)21)17(23)22-19(18(24)25)6-7-26-10-19/h2-5,8-9H,6-7,10H2,1H3,(H,22,23)(H,24,25). The van der Waals surface area contributed by atoms with Crippen molar-refractivity contribution in [1.29, 1.82) is 0 Å². The van der Waals surface area contributed by atoms with E-state index in [1.165, 1.54) is 42.1 Å². The second kappa shape index (κ2) is 7.07. The molecule has 7 heteroatoms. The Morgan fingerprint density at radius 1 is 1.15 bits per heavy atom. The van der Waals surface area contributed by atoms with Crippen molar-refractivity contribution in [3.63, 3.8) is 0 Å². The fourth-order valence-corrected chi connectivity index (χ4v) is 4.30. The summed E-state index contributed by atoms with van der Waals surface area (Å²) < 4.78 is 27.8. The number of benzene rings is 2. The van der Waals surface area contributed by atoms with Crippen LogP contribution in [0.5, 0.6) is 0 Å². The molecule has 4 nitrogen and oxygen atoms in total. The molecule has 3 rings (SSSR count). The quantitative estimate of drug-likeness (QED) is 0.854. The first-order chi connectivity index (χ1) is 12.3. The maximum absolute atomic E-state index is 14.6. The number of halogens is 2. The van der Waals surface area contributed by atoms with Gasteiger partial charge < -0.3 is 10.4 Å². The summed E-state index contributed by atoms with van der Waals surface area (Å²) in [6.07, 6.45) is 0.327. The van der Waals surface area contributed by atoms with Crippen LogP contribution >= 0.6 is 11.8 Å². The Morgan fingerprint density at radius 3 is 2.46 bits per heavy atom. The van der Waals surface area contributed by atoms with E-state index in [2.05, 4.69) is 5.32 Å². The maximum atomic E-state index is 14.6. The van der Waals surface area contributed by atoms with Gasteiger partial charge in [-0.3, -0.25) is 4.79 Å². The molecule has 1 amide bonds. The van der Waals surface area contributed by atoms with Gasteiger partial charge in [0.1, 0.15) is 17.2 Å². The Labute approximate surface area is 153 Å². The number of nitrogens with one attached hydrogen (secondary N) is 1. The fraction of sp³-hybridized carbons (Fsp3) is 0.263. The average Bonchev–Trinajstić information content (AvgIpc) is 3.05. The van der Waals surface area contributed by atoms with Crippen LogP contribution in [0.1, 0.15) is 22.3 Å². The predicted octanol–water partition coefficient (Wildman–Crippen LogP) is 3.63. The van der Waals surface area contributed by atoms with Crippen molar-refractivity contribution in [1.82, 2.24) is 5.32 Å². The summed E-state index contributed by atoms with van der Waals surface area (Å²) in [7, 11) is 0. The van der Waals surface area contributed by atoms with Crippen molar-refractivity contribution in [2.24, 2.45) is 0 Å². The van der Waals surface area contributed by atoms with Crippen LogP contribution in [0.2, 0.25) is 0 Å². The predicted molar refractivity (Wildman–Crippen MR) is 96.3 cm³/mol. The summed E-state index contributed by atoms with van der Waals surface area (Å²) in [4.78, 5) is 24.0. The number of carboxylic acid groups (broad SMARTS) is 1. The van der Waals surface area contributed by atoms with Gasteiger partial charge in [0.15, 0.2) is 0 Å². The maximum Gasteiger partial charge on any atom is 0.330 e. The first-order valence-corrected chi connectivity index (χ1v) is 9.18. The molecule has 1 aliphatic heterocycles. The van der Waals surface area contributed by atoms with E-state index < -0.39 is 29.0 Å². The second-order valence-electron chi connectivity index (χ2n) is 6.30. The molecule has 0 saturated carbocycles. The summed E-state index contributed by atoms with van der Waals surface area (Å²) in [6, 6.07) is 8.00. The van der Waals surface area contributed by atoms with Gasteiger partial charge in [-0.25, -0.2) is 13.6 Å². The third-order valence-corrected chi connectivity index (χ3v) is 5.68. The molecule has 1 heterocycles. The molecule has 1 fully saturated rings. The van der Waals surface area contributed by atoms with E-state index in [-0.39, 0.29) is 16.9 Å². The van der Waals surface area contributed by atoms with E-state index in [1.54, 1.807) is 6.92 Å². The molecule has 2 aromatic rings. The van der Waals surface area contributed by atoms with Crippen molar-refractivity contribution in [2.45, 2.75) is 18.9 Å². The number of carboxylic acids is 1. The normalized spacial score (nSPS) is 19.3. The minimum absolute atomic E-state index is 0.0449. The van der Waals surface area contributed by atoms with Crippen molar-refractivity contribution in [3.05, 3.63) is 59.2 Å². The highest BCUT2D eigenvalue weighted by atomic mass is 32.2. The van der Waals surface area contributed by atoms with Gasteiger partial charge in [-0.15, -0.1) is 0 Å². The van der Waals surface area contributed by atoms with E-state index in [9.17, 15) is 23.5 Å². The third-order valence-electron chi connectivity index (χ3n) is 4.49. The molecule has 136 valence electrons. The zero-order chi connectivity index (χ0) is 18.9. The number of hydrogen-bond donors (Lipinski definition) is 2. The third kappa shape index (κ3) is 3.44. The van der Waals surface area contributed by atoms with Crippen LogP contribution in [-0.4, -0.2) is 34.0 Å². The molecule has 0 radical (unpaired) electrons. The molecule has 1 unspecified atom stereocenters. The molecule has 2 aromatic carbocycles. The van der Waals surface area contributed by atoms with Crippen molar-refractivity contribution >= 4 is 23.6 Å². The van der Waals surface area contributed by atoms with Gasteiger partial charge in [0.2, 0.25) is 0 Å². The van der Waals surface area contributed by atoms with E-state index in [4.69, 9.17) is 0 Å². The lowest BCUT2D eigenvalue weighted by molar-refractivity contribution is -0.143. The highest BCUT2D eigenvalue weighted by molar-refractivity contribution is 7.99. The minimum atomic E-state index is -1.32. The fourth-order valence-electron chi connectivity index (χ4n) is 2.98. The van der Waals surface area contributed by atoms with E-state index in [0.717, 1.165) is 6.07 Å². The molecule has 1 aliphatic rings. The number of aryl methyl sites for hydroxylation is 1. The Morgan fingerprint density at radius 2 is 1.88 bits per heavy atom. The zero-order valence-corrected chi connectivity index (χ0v) is 14.8. The first-order valence-electron chi connectivity index (χ1n) is 8.02. The lowest BCUT2D eigenvalue weighted by Crippen LogP contribution is -2.54. The summed E-state index contributed by atoms with van der Waals surface area (Å²) in [5, 5.41) is 12.0. The second-order valence-corrected chi connectivity index (χ2v) is 7.40. The molecular formula is C19H17F2NO3S. The van der Waals surface area contributed by atoms with E-state index in [0.29, 0.717) is 23.3 Å². The van der Waals surface area contributed by atoms with Crippen LogP contribution in [0.3, 0.4) is 0 Å². The number of amides is 1. The van der Waals surface area contributed by atoms with Crippen LogP contribution in [0, 0.1) is 18.6 Å². The Bertz CT molecular complexity index is 879. The molecular weight excluding hydrogens is 360 g/mol. The Balaban J connectivity index is 1.87. The largest absolute Gasteiger partial charge is 0.479 e. The Hall–Kier alpha value is -2.41. The van der Waals surface area contributed by atoms with Crippen LogP contribution in [-0.2, 0) is 4.79 Å². The van der Waals surface area contributed by atoms with Gasteiger partial charge >= 0.3 is 5.97 Å². The summed E-state index contributed by atoms with van der Waals surface area (Å²) in [5.41, 5.74) is 0.0932. The van der Waals surface area contributed by atoms with Gasteiger partial charge in [0.05, 0.1) is 0 Å². The number of hydrogen-bond acceptors (Lipinski definition) is 3. The van der Waals surface area contributed by atoms with Gasteiger partial charge in [-0.05, 0) is 54.5 Å². The molecule has 0 spiro atoms. The van der Waals surface area contributed by atoms with Crippen LogP contribution in [0.4, 0.5) is 8.78 Å². The smallest absolute Gasteiger partial charge is 0.330 e. The number of thioether (sulfide) groups is 1. The van der Waals surface area contributed by atoms with Crippen LogP contribution in [0.25, 0.3) is 11.1 Å².